The molecule has 2 N–H and O–H groups in total. The van der Waals surface area contributed by atoms with Crippen LogP contribution >= 0.6 is 0 Å². The van der Waals surface area contributed by atoms with Gasteiger partial charge in [-0.2, -0.15) is 0 Å². The minimum absolute atomic E-state index is 0.158. The fourth-order valence-corrected chi connectivity index (χ4v) is 2.89. The molecule has 1 aromatic rings. The third-order valence-electron chi connectivity index (χ3n) is 2.50. The smallest absolute Gasteiger partial charge is 0.212 e. The van der Waals surface area contributed by atoms with Crippen molar-refractivity contribution in [1.82, 2.24) is 10.0 Å². The van der Waals surface area contributed by atoms with Crippen LogP contribution in [0.25, 0.3) is 0 Å². The second kappa shape index (κ2) is 6.74. The van der Waals surface area contributed by atoms with E-state index in [2.05, 4.69) is 10.0 Å². The van der Waals surface area contributed by atoms with Gasteiger partial charge in [-0.1, -0.05) is 30.3 Å². The molecule has 0 aliphatic heterocycles. The first kappa shape index (κ1) is 14.2. The van der Waals surface area contributed by atoms with Crippen molar-refractivity contribution in [3.05, 3.63) is 35.9 Å². The molecule has 5 heteroatoms. The van der Waals surface area contributed by atoms with E-state index < -0.39 is 10.0 Å². The van der Waals surface area contributed by atoms with E-state index in [0.717, 1.165) is 5.56 Å². The Morgan fingerprint density at radius 3 is 2.47 bits per heavy atom. The minimum atomic E-state index is -3.19. The number of sulfonamides is 1. The molecule has 0 amide bonds. The summed E-state index contributed by atoms with van der Waals surface area (Å²) in [6, 6.07) is 9.37. The lowest BCUT2D eigenvalue weighted by atomic mass is 10.1. The molecule has 96 valence electrons. The number of benzene rings is 1. The van der Waals surface area contributed by atoms with Crippen molar-refractivity contribution in [2.75, 3.05) is 19.3 Å². The highest BCUT2D eigenvalue weighted by Gasteiger charge is 2.14. The van der Waals surface area contributed by atoms with Gasteiger partial charge in [-0.15, -0.1) is 0 Å². The van der Waals surface area contributed by atoms with Gasteiger partial charge in [-0.05, 0) is 32.5 Å². The summed E-state index contributed by atoms with van der Waals surface area (Å²) in [5, 5.41) is 2.93. The Kier molecular flexibility index (Phi) is 5.61. The third kappa shape index (κ3) is 5.30. The molecule has 0 heterocycles. The first-order chi connectivity index (χ1) is 8.05. The largest absolute Gasteiger partial charge is 0.320 e. The van der Waals surface area contributed by atoms with Gasteiger partial charge < -0.3 is 5.32 Å². The van der Waals surface area contributed by atoms with Gasteiger partial charge in [0.15, 0.2) is 0 Å². The summed E-state index contributed by atoms with van der Waals surface area (Å²) in [4.78, 5) is 0. The van der Waals surface area contributed by atoms with Gasteiger partial charge in [0, 0.05) is 6.04 Å². The van der Waals surface area contributed by atoms with E-state index in [9.17, 15) is 8.42 Å². The van der Waals surface area contributed by atoms with Crippen molar-refractivity contribution >= 4 is 10.0 Å². The Hall–Kier alpha value is -0.910. The lowest BCUT2D eigenvalue weighted by Crippen LogP contribution is -2.30. The lowest BCUT2D eigenvalue weighted by Gasteiger charge is -2.14. The monoisotopic (exact) mass is 256 g/mol. The van der Waals surface area contributed by atoms with Crippen LogP contribution in [0.1, 0.15) is 24.9 Å². The van der Waals surface area contributed by atoms with Gasteiger partial charge in [0.25, 0.3) is 0 Å². The standard InChI is InChI=1S/C12H20N2O2S/c1-11(12-7-4-3-5-8-12)14-17(15,16)10-6-9-13-2/h3-5,7-8,11,13-14H,6,9-10H2,1-2H3. The highest BCUT2D eigenvalue weighted by Crippen LogP contribution is 2.12. The van der Waals surface area contributed by atoms with E-state index in [-0.39, 0.29) is 11.8 Å². The number of rotatable bonds is 7. The van der Waals surface area contributed by atoms with E-state index in [0.29, 0.717) is 13.0 Å². The molecule has 0 bridgehead atoms. The summed E-state index contributed by atoms with van der Waals surface area (Å²) in [7, 11) is -1.38. The summed E-state index contributed by atoms with van der Waals surface area (Å²) < 4.78 is 26.2. The highest BCUT2D eigenvalue weighted by molar-refractivity contribution is 7.89. The molecule has 1 aromatic carbocycles. The van der Waals surface area contributed by atoms with Crippen LogP contribution in [0, 0.1) is 0 Å². The van der Waals surface area contributed by atoms with E-state index in [1.807, 2.05) is 44.3 Å². The SMILES string of the molecule is CNCCCS(=O)(=O)NC(C)c1ccccc1. The van der Waals surface area contributed by atoms with Crippen molar-refractivity contribution in [3.63, 3.8) is 0 Å². The van der Waals surface area contributed by atoms with E-state index in [1.54, 1.807) is 0 Å². The number of nitrogens with one attached hydrogen (secondary N) is 2. The minimum Gasteiger partial charge on any atom is -0.320 e. The van der Waals surface area contributed by atoms with Crippen LogP contribution in [0.4, 0.5) is 0 Å². The predicted octanol–water partition coefficient (Wildman–Crippen LogP) is 1.28. The molecule has 1 rings (SSSR count). The van der Waals surface area contributed by atoms with Gasteiger partial charge in [-0.3, -0.25) is 0 Å². The number of hydrogen-bond acceptors (Lipinski definition) is 3. The van der Waals surface area contributed by atoms with Crippen LogP contribution in [0.15, 0.2) is 30.3 Å². The zero-order valence-electron chi connectivity index (χ0n) is 10.3. The zero-order valence-corrected chi connectivity index (χ0v) is 11.1. The van der Waals surface area contributed by atoms with Crippen molar-refractivity contribution in [1.29, 1.82) is 0 Å². The third-order valence-corrected chi connectivity index (χ3v) is 4.03. The highest BCUT2D eigenvalue weighted by atomic mass is 32.2. The molecule has 0 aromatic heterocycles. The second-order valence-electron chi connectivity index (χ2n) is 4.03. The molecule has 4 nitrogen and oxygen atoms in total. The van der Waals surface area contributed by atoms with Gasteiger partial charge >= 0.3 is 0 Å². The van der Waals surface area contributed by atoms with Gasteiger partial charge in [0.1, 0.15) is 0 Å². The summed E-state index contributed by atoms with van der Waals surface area (Å²) >= 11 is 0. The van der Waals surface area contributed by atoms with E-state index in [1.165, 1.54) is 0 Å². The molecule has 0 fully saturated rings. The predicted molar refractivity (Wildman–Crippen MR) is 70.3 cm³/mol. The van der Waals surface area contributed by atoms with Gasteiger partial charge in [-0.25, -0.2) is 13.1 Å². The molecule has 0 saturated carbocycles. The number of hydrogen-bond donors (Lipinski definition) is 2. The van der Waals surface area contributed by atoms with Crippen LogP contribution in [0.3, 0.4) is 0 Å². The summed E-state index contributed by atoms with van der Waals surface area (Å²) in [5.74, 6) is 0.158. The Bertz CT molecular complexity index is 417. The quantitative estimate of drug-likeness (QED) is 0.722. The van der Waals surface area contributed by atoms with Gasteiger partial charge in [0.05, 0.1) is 5.75 Å². The Morgan fingerprint density at radius 2 is 1.88 bits per heavy atom. The van der Waals surface area contributed by atoms with E-state index in [4.69, 9.17) is 0 Å². The molecular formula is C12H20N2O2S. The maximum atomic E-state index is 11.8. The van der Waals surface area contributed by atoms with Crippen molar-refractivity contribution < 1.29 is 8.42 Å². The van der Waals surface area contributed by atoms with Crippen molar-refractivity contribution in [2.45, 2.75) is 19.4 Å². The normalized spacial score (nSPS) is 13.5. The average molecular weight is 256 g/mol. The van der Waals surface area contributed by atoms with Crippen LogP contribution in [-0.4, -0.2) is 27.8 Å². The van der Waals surface area contributed by atoms with Crippen LogP contribution in [0.2, 0.25) is 0 Å². The lowest BCUT2D eigenvalue weighted by molar-refractivity contribution is 0.563. The Balaban J connectivity index is 2.53. The maximum Gasteiger partial charge on any atom is 0.212 e. The average Bonchev–Trinajstić information content (AvgIpc) is 2.30. The van der Waals surface area contributed by atoms with Crippen LogP contribution in [0.5, 0.6) is 0 Å². The fourth-order valence-electron chi connectivity index (χ4n) is 1.58. The molecule has 1 unspecified atom stereocenters. The molecule has 0 aliphatic carbocycles. The van der Waals surface area contributed by atoms with E-state index >= 15 is 0 Å². The molecule has 1 atom stereocenters. The van der Waals surface area contributed by atoms with Crippen molar-refractivity contribution in [2.24, 2.45) is 0 Å². The van der Waals surface area contributed by atoms with Crippen molar-refractivity contribution in [3.8, 4) is 0 Å². The fraction of sp³-hybridized carbons (Fsp3) is 0.500. The molecular weight excluding hydrogens is 236 g/mol. The molecule has 0 saturated heterocycles. The Labute approximate surface area is 103 Å². The molecule has 17 heavy (non-hydrogen) atoms. The maximum absolute atomic E-state index is 11.8. The zero-order chi connectivity index (χ0) is 12.7. The Morgan fingerprint density at radius 1 is 1.24 bits per heavy atom. The topological polar surface area (TPSA) is 58.2 Å². The van der Waals surface area contributed by atoms with Crippen LogP contribution < -0.4 is 10.0 Å². The molecule has 0 spiro atoms. The summed E-state index contributed by atoms with van der Waals surface area (Å²) in [5.41, 5.74) is 0.977. The first-order valence-corrected chi connectivity index (χ1v) is 7.40. The molecule has 0 radical (unpaired) electrons. The summed E-state index contributed by atoms with van der Waals surface area (Å²) in [6.07, 6.45) is 0.618. The van der Waals surface area contributed by atoms with Gasteiger partial charge in [0.2, 0.25) is 10.0 Å². The summed E-state index contributed by atoms with van der Waals surface area (Å²) in [6.45, 7) is 2.56. The first-order valence-electron chi connectivity index (χ1n) is 5.75. The second-order valence-corrected chi connectivity index (χ2v) is 5.90. The molecule has 0 aliphatic rings. The van der Waals surface area contributed by atoms with Crippen LogP contribution in [-0.2, 0) is 10.0 Å².